The fourth-order valence-corrected chi connectivity index (χ4v) is 2.82. The topological polar surface area (TPSA) is 59.6 Å². The summed E-state index contributed by atoms with van der Waals surface area (Å²) >= 11 is 5.24. The van der Waals surface area contributed by atoms with E-state index in [4.69, 9.17) is 21.7 Å². The standard InChI is InChI=1S/C23H30N2O3S/c1-3-5-6-7-17-28-21-14-10-19(11-15-21)24-23(29)25-22(26)18-8-12-20(13-9-18)27-16-4-2/h8-15H,3-7,16-17H2,1-2H3,(H2,24,25,26,29). The van der Waals surface area contributed by atoms with Gasteiger partial charge in [0.05, 0.1) is 13.2 Å². The lowest BCUT2D eigenvalue weighted by atomic mass is 10.2. The number of rotatable bonds is 11. The number of thiocarbonyl (C=S) groups is 1. The summed E-state index contributed by atoms with van der Waals surface area (Å²) in [5, 5.41) is 5.94. The minimum atomic E-state index is -0.267. The van der Waals surface area contributed by atoms with Crippen molar-refractivity contribution in [2.24, 2.45) is 0 Å². The molecule has 2 rings (SSSR count). The van der Waals surface area contributed by atoms with Gasteiger partial charge in [0.2, 0.25) is 0 Å². The van der Waals surface area contributed by atoms with Gasteiger partial charge in [-0.1, -0.05) is 33.1 Å². The van der Waals surface area contributed by atoms with Crippen LogP contribution in [0.1, 0.15) is 56.3 Å². The van der Waals surface area contributed by atoms with Crippen LogP contribution < -0.4 is 20.1 Å². The molecule has 1 amide bonds. The molecular formula is C23H30N2O3S. The van der Waals surface area contributed by atoms with Crippen LogP contribution in [0.4, 0.5) is 5.69 Å². The second kappa shape index (κ2) is 12.8. The molecule has 0 saturated heterocycles. The Balaban J connectivity index is 1.77. The first-order valence-electron chi connectivity index (χ1n) is 10.2. The van der Waals surface area contributed by atoms with Crippen molar-refractivity contribution in [3.63, 3.8) is 0 Å². The molecule has 0 unspecified atom stereocenters. The molecule has 0 aliphatic rings. The first kappa shape index (κ1) is 22.7. The Labute approximate surface area is 178 Å². The van der Waals surface area contributed by atoms with Gasteiger partial charge in [0, 0.05) is 11.3 Å². The Bertz CT molecular complexity index is 761. The molecule has 6 heteroatoms. The summed E-state index contributed by atoms with van der Waals surface area (Å²) in [7, 11) is 0. The summed E-state index contributed by atoms with van der Waals surface area (Å²) in [5.74, 6) is 1.31. The maximum atomic E-state index is 12.3. The van der Waals surface area contributed by atoms with Gasteiger partial charge in [-0.2, -0.15) is 0 Å². The van der Waals surface area contributed by atoms with Crippen LogP contribution >= 0.6 is 12.2 Å². The van der Waals surface area contributed by atoms with Crippen molar-refractivity contribution in [3.05, 3.63) is 54.1 Å². The minimum absolute atomic E-state index is 0.245. The number of nitrogens with one attached hydrogen (secondary N) is 2. The third-order valence-electron chi connectivity index (χ3n) is 4.20. The average Bonchev–Trinajstić information content (AvgIpc) is 2.73. The highest BCUT2D eigenvalue weighted by Gasteiger charge is 2.08. The largest absolute Gasteiger partial charge is 0.494 e. The number of carbonyl (C=O) groups is 1. The number of carbonyl (C=O) groups excluding carboxylic acids is 1. The Morgan fingerprint density at radius 1 is 0.828 bits per heavy atom. The monoisotopic (exact) mass is 414 g/mol. The lowest BCUT2D eigenvalue weighted by Gasteiger charge is -2.11. The van der Waals surface area contributed by atoms with Gasteiger partial charge in [0.15, 0.2) is 5.11 Å². The maximum Gasteiger partial charge on any atom is 0.257 e. The Hall–Kier alpha value is -2.60. The van der Waals surface area contributed by atoms with E-state index in [1.807, 2.05) is 31.2 Å². The number of amides is 1. The normalized spacial score (nSPS) is 10.3. The van der Waals surface area contributed by atoms with E-state index in [1.165, 1.54) is 19.3 Å². The van der Waals surface area contributed by atoms with Crippen molar-refractivity contribution in [1.82, 2.24) is 5.32 Å². The van der Waals surface area contributed by atoms with Gasteiger partial charge in [-0.15, -0.1) is 0 Å². The zero-order chi connectivity index (χ0) is 20.9. The first-order chi connectivity index (χ1) is 14.1. The van der Waals surface area contributed by atoms with Gasteiger partial charge >= 0.3 is 0 Å². The van der Waals surface area contributed by atoms with E-state index in [9.17, 15) is 4.79 Å². The summed E-state index contributed by atoms with van der Waals surface area (Å²) < 4.78 is 11.2. The van der Waals surface area contributed by atoms with Crippen molar-refractivity contribution >= 4 is 28.9 Å². The Kier molecular flexibility index (Phi) is 10.00. The van der Waals surface area contributed by atoms with Crippen LogP contribution in [0.25, 0.3) is 0 Å². The molecule has 29 heavy (non-hydrogen) atoms. The van der Waals surface area contributed by atoms with Crippen LogP contribution in [0.5, 0.6) is 11.5 Å². The SMILES string of the molecule is CCCCCCOc1ccc(NC(=S)NC(=O)c2ccc(OCCC)cc2)cc1. The molecule has 0 heterocycles. The molecule has 2 N–H and O–H groups in total. The van der Waals surface area contributed by atoms with E-state index in [1.54, 1.807) is 24.3 Å². The average molecular weight is 415 g/mol. The molecule has 156 valence electrons. The summed E-state index contributed by atoms with van der Waals surface area (Å²) in [5.41, 5.74) is 1.31. The highest BCUT2D eigenvalue weighted by molar-refractivity contribution is 7.80. The quantitative estimate of drug-likeness (QED) is 0.372. The fraction of sp³-hybridized carbons (Fsp3) is 0.391. The highest BCUT2D eigenvalue weighted by Crippen LogP contribution is 2.16. The van der Waals surface area contributed by atoms with Crippen molar-refractivity contribution in [3.8, 4) is 11.5 Å². The van der Waals surface area contributed by atoms with Gasteiger partial charge in [0.1, 0.15) is 11.5 Å². The summed E-state index contributed by atoms with van der Waals surface area (Å²) in [6.45, 7) is 5.62. The van der Waals surface area contributed by atoms with E-state index in [2.05, 4.69) is 17.6 Å². The van der Waals surface area contributed by atoms with Crippen molar-refractivity contribution in [2.75, 3.05) is 18.5 Å². The van der Waals surface area contributed by atoms with Crippen molar-refractivity contribution < 1.29 is 14.3 Å². The molecule has 0 aromatic heterocycles. The van der Waals surface area contributed by atoms with E-state index in [0.29, 0.717) is 12.2 Å². The lowest BCUT2D eigenvalue weighted by Crippen LogP contribution is -2.34. The molecule has 0 spiro atoms. The zero-order valence-electron chi connectivity index (χ0n) is 17.2. The summed E-state index contributed by atoms with van der Waals surface area (Å²) in [6, 6.07) is 14.5. The molecular weight excluding hydrogens is 384 g/mol. The molecule has 2 aromatic carbocycles. The third kappa shape index (κ3) is 8.52. The van der Waals surface area contributed by atoms with Gasteiger partial charge in [-0.25, -0.2) is 0 Å². The Morgan fingerprint density at radius 2 is 1.45 bits per heavy atom. The van der Waals surface area contributed by atoms with Crippen LogP contribution in [-0.4, -0.2) is 24.2 Å². The Morgan fingerprint density at radius 3 is 2.07 bits per heavy atom. The zero-order valence-corrected chi connectivity index (χ0v) is 18.0. The van der Waals surface area contributed by atoms with Crippen LogP contribution in [0.2, 0.25) is 0 Å². The molecule has 0 bridgehead atoms. The minimum Gasteiger partial charge on any atom is -0.494 e. The van der Waals surface area contributed by atoms with E-state index < -0.39 is 0 Å². The molecule has 2 aromatic rings. The second-order valence-corrected chi connectivity index (χ2v) is 7.12. The van der Waals surface area contributed by atoms with E-state index in [-0.39, 0.29) is 11.0 Å². The predicted octanol–water partition coefficient (Wildman–Crippen LogP) is 5.56. The lowest BCUT2D eigenvalue weighted by molar-refractivity contribution is 0.0977. The molecule has 0 radical (unpaired) electrons. The molecule has 0 aliphatic carbocycles. The van der Waals surface area contributed by atoms with Crippen LogP contribution in [0, 0.1) is 0 Å². The summed E-state index contributed by atoms with van der Waals surface area (Å²) in [4.78, 5) is 12.3. The van der Waals surface area contributed by atoms with Crippen LogP contribution in [0.15, 0.2) is 48.5 Å². The molecule has 0 atom stereocenters. The second-order valence-electron chi connectivity index (χ2n) is 6.71. The summed E-state index contributed by atoms with van der Waals surface area (Å²) in [6.07, 6.45) is 5.66. The number of benzene rings is 2. The molecule has 0 aliphatic heterocycles. The van der Waals surface area contributed by atoms with Gasteiger partial charge in [0.25, 0.3) is 5.91 Å². The number of hydrogen-bond donors (Lipinski definition) is 2. The van der Waals surface area contributed by atoms with Gasteiger partial charge < -0.3 is 14.8 Å². The molecule has 0 fully saturated rings. The van der Waals surface area contributed by atoms with Crippen LogP contribution in [-0.2, 0) is 0 Å². The van der Waals surface area contributed by atoms with E-state index >= 15 is 0 Å². The van der Waals surface area contributed by atoms with Crippen molar-refractivity contribution in [2.45, 2.75) is 46.0 Å². The molecule has 5 nitrogen and oxygen atoms in total. The number of anilines is 1. The fourth-order valence-electron chi connectivity index (χ4n) is 2.61. The number of unbranched alkanes of at least 4 members (excludes halogenated alkanes) is 3. The van der Waals surface area contributed by atoms with Gasteiger partial charge in [-0.05, 0) is 73.6 Å². The first-order valence-corrected chi connectivity index (χ1v) is 10.6. The predicted molar refractivity (Wildman–Crippen MR) is 122 cm³/mol. The highest BCUT2D eigenvalue weighted by atomic mass is 32.1. The number of hydrogen-bond acceptors (Lipinski definition) is 4. The smallest absolute Gasteiger partial charge is 0.257 e. The molecule has 0 saturated carbocycles. The van der Waals surface area contributed by atoms with Gasteiger partial charge in [-0.3, -0.25) is 10.1 Å². The number of ether oxygens (including phenoxy) is 2. The van der Waals surface area contributed by atoms with E-state index in [0.717, 1.165) is 36.6 Å². The maximum absolute atomic E-state index is 12.3. The van der Waals surface area contributed by atoms with Crippen LogP contribution in [0.3, 0.4) is 0 Å². The third-order valence-corrected chi connectivity index (χ3v) is 4.40. The van der Waals surface area contributed by atoms with Crippen molar-refractivity contribution in [1.29, 1.82) is 0 Å².